The molecule has 0 bridgehead atoms. The van der Waals surface area contributed by atoms with Gasteiger partial charge in [-0.3, -0.25) is 0 Å². The van der Waals surface area contributed by atoms with Crippen LogP contribution in [0.25, 0.3) is 10.4 Å². The third-order valence-electron chi connectivity index (χ3n) is 2.43. The minimum Gasteiger partial charge on any atom is -0.464 e. The molecule has 0 saturated heterocycles. The van der Waals surface area contributed by atoms with Crippen molar-refractivity contribution in [3.05, 3.63) is 40.5 Å². The molecule has 88 valence electrons. The first-order chi connectivity index (χ1) is 8.11. The molecule has 0 N–H and O–H groups in total. The number of hydrogen-bond acceptors (Lipinski definition) is 4. The van der Waals surface area contributed by atoms with Crippen LogP contribution >= 0.6 is 11.3 Å². The van der Waals surface area contributed by atoms with Gasteiger partial charge in [0.1, 0.15) is 0 Å². The van der Waals surface area contributed by atoms with Gasteiger partial charge in [0.2, 0.25) is 0 Å². The van der Waals surface area contributed by atoms with Crippen LogP contribution in [0.2, 0.25) is 0 Å². The van der Waals surface area contributed by atoms with E-state index < -0.39 is 0 Å². The van der Waals surface area contributed by atoms with Crippen LogP contribution in [0.3, 0.4) is 0 Å². The van der Waals surface area contributed by atoms with Crippen LogP contribution in [0.5, 0.6) is 0 Å². The van der Waals surface area contributed by atoms with Gasteiger partial charge < -0.3 is 4.74 Å². The van der Waals surface area contributed by atoms with Crippen LogP contribution in [0.1, 0.15) is 21.1 Å². The van der Waals surface area contributed by atoms with Crippen LogP contribution < -0.4 is 0 Å². The SMILES string of the molecule is COC(=O)c1nc(C)sc1-c1ccc(C)cc1. The maximum atomic E-state index is 11.6. The highest BCUT2D eigenvalue weighted by atomic mass is 32.1. The Bertz CT molecular complexity index is 543. The van der Waals surface area contributed by atoms with Gasteiger partial charge in [-0.25, -0.2) is 9.78 Å². The highest BCUT2D eigenvalue weighted by molar-refractivity contribution is 7.15. The molecule has 0 spiro atoms. The zero-order chi connectivity index (χ0) is 12.4. The summed E-state index contributed by atoms with van der Waals surface area (Å²) in [7, 11) is 1.37. The van der Waals surface area contributed by atoms with E-state index in [0.29, 0.717) is 5.69 Å². The molecule has 0 aliphatic heterocycles. The predicted molar refractivity (Wildman–Crippen MR) is 68.4 cm³/mol. The third-order valence-corrected chi connectivity index (χ3v) is 3.45. The van der Waals surface area contributed by atoms with Gasteiger partial charge in [-0.1, -0.05) is 29.8 Å². The number of ether oxygens (including phenoxy) is 1. The second-order valence-corrected chi connectivity index (χ2v) is 4.97. The minimum atomic E-state index is -0.384. The van der Waals surface area contributed by atoms with Gasteiger partial charge in [-0.2, -0.15) is 0 Å². The second-order valence-electron chi connectivity index (χ2n) is 3.77. The van der Waals surface area contributed by atoms with Crippen molar-refractivity contribution >= 4 is 17.3 Å². The molecule has 17 heavy (non-hydrogen) atoms. The van der Waals surface area contributed by atoms with Crippen molar-refractivity contribution in [3.8, 4) is 10.4 Å². The lowest BCUT2D eigenvalue weighted by molar-refractivity contribution is 0.0595. The Morgan fingerprint density at radius 3 is 2.47 bits per heavy atom. The highest BCUT2D eigenvalue weighted by Crippen LogP contribution is 2.30. The lowest BCUT2D eigenvalue weighted by Crippen LogP contribution is -2.03. The zero-order valence-electron chi connectivity index (χ0n) is 9.98. The Balaban J connectivity index is 2.51. The fourth-order valence-corrected chi connectivity index (χ4v) is 2.47. The summed E-state index contributed by atoms with van der Waals surface area (Å²) in [6.45, 7) is 3.91. The predicted octanol–water partition coefficient (Wildman–Crippen LogP) is 3.21. The number of carbonyl (C=O) groups is 1. The van der Waals surface area contributed by atoms with E-state index in [9.17, 15) is 4.79 Å². The van der Waals surface area contributed by atoms with E-state index in [1.807, 2.05) is 38.1 Å². The number of rotatable bonds is 2. The lowest BCUT2D eigenvalue weighted by Gasteiger charge is -2.01. The van der Waals surface area contributed by atoms with E-state index in [2.05, 4.69) is 4.98 Å². The Hall–Kier alpha value is -1.68. The molecule has 0 fully saturated rings. The summed E-state index contributed by atoms with van der Waals surface area (Å²) in [6.07, 6.45) is 0. The summed E-state index contributed by atoms with van der Waals surface area (Å²) in [5.41, 5.74) is 2.59. The molecule has 0 amide bonds. The molecule has 0 unspecified atom stereocenters. The van der Waals surface area contributed by atoms with E-state index in [1.54, 1.807) is 0 Å². The molecule has 2 aromatic rings. The van der Waals surface area contributed by atoms with Gasteiger partial charge in [0.15, 0.2) is 5.69 Å². The van der Waals surface area contributed by atoms with E-state index >= 15 is 0 Å². The van der Waals surface area contributed by atoms with Crippen molar-refractivity contribution in [3.63, 3.8) is 0 Å². The molecular formula is C13H13NO2S. The summed E-state index contributed by atoms with van der Waals surface area (Å²) < 4.78 is 4.74. The molecule has 4 heteroatoms. The summed E-state index contributed by atoms with van der Waals surface area (Å²) in [5.74, 6) is -0.384. The second kappa shape index (κ2) is 4.67. The van der Waals surface area contributed by atoms with Gasteiger partial charge in [0, 0.05) is 0 Å². The highest BCUT2D eigenvalue weighted by Gasteiger charge is 2.18. The molecule has 1 aromatic heterocycles. The van der Waals surface area contributed by atoms with Crippen molar-refractivity contribution in [1.82, 2.24) is 4.98 Å². The normalized spacial score (nSPS) is 10.3. The number of methoxy groups -OCH3 is 1. The van der Waals surface area contributed by atoms with Gasteiger partial charge >= 0.3 is 5.97 Å². The average Bonchev–Trinajstić information content (AvgIpc) is 2.71. The van der Waals surface area contributed by atoms with E-state index in [1.165, 1.54) is 24.0 Å². The van der Waals surface area contributed by atoms with Crippen molar-refractivity contribution in [2.45, 2.75) is 13.8 Å². The van der Waals surface area contributed by atoms with Gasteiger partial charge in [0.25, 0.3) is 0 Å². The first-order valence-electron chi connectivity index (χ1n) is 5.24. The molecular weight excluding hydrogens is 234 g/mol. The van der Waals surface area contributed by atoms with Crippen molar-refractivity contribution in [2.24, 2.45) is 0 Å². The molecule has 0 aliphatic carbocycles. The largest absolute Gasteiger partial charge is 0.464 e. The van der Waals surface area contributed by atoms with Gasteiger partial charge in [0.05, 0.1) is 17.0 Å². The third kappa shape index (κ3) is 2.36. The average molecular weight is 247 g/mol. The smallest absolute Gasteiger partial charge is 0.358 e. The number of aromatic nitrogens is 1. The van der Waals surface area contributed by atoms with Gasteiger partial charge in [-0.05, 0) is 19.4 Å². The van der Waals surface area contributed by atoms with Crippen LogP contribution in [-0.4, -0.2) is 18.1 Å². The molecule has 3 nitrogen and oxygen atoms in total. The first kappa shape index (κ1) is 11.8. The number of aryl methyl sites for hydroxylation is 2. The number of esters is 1. The quantitative estimate of drug-likeness (QED) is 0.765. The van der Waals surface area contributed by atoms with Crippen LogP contribution in [0.4, 0.5) is 0 Å². The molecule has 1 aromatic carbocycles. The van der Waals surface area contributed by atoms with Crippen LogP contribution in [0, 0.1) is 13.8 Å². The Labute approximate surface area is 104 Å². The fourth-order valence-electron chi connectivity index (χ4n) is 1.56. The summed E-state index contributed by atoms with van der Waals surface area (Å²) in [6, 6.07) is 8.03. The zero-order valence-corrected chi connectivity index (χ0v) is 10.8. The number of benzene rings is 1. The molecule has 0 radical (unpaired) electrons. The van der Waals surface area contributed by atoms with Crippen molar-refractivity contribution < 1.29 is 9.53 Å². The molecule has 2 rings (SSSR count). The first-order valence-corrected chi connectivity index (χ1v) is 6.06. The van der Waals surface area contributed by atoms with E-state index in [4.69, 9.17) is 4.74 Å². The van der Waals surface area contributed by atoms with Crippen LogP contribution in [0.15, 0.2) is 24.3 Å². The summed E-state index contributed by atoms with van der Waals surface area (Å²) in [5, 5.41) is 0.862. The van der Waals surface area contributed by atoms with Crippen molar-refractivity contribution in [1.29, 1.82) is 0 Å². The maximum Gasteiger partial charge on any atom is 0.358 e. The molecule has 1 heterocycles. The standard InChI is InChI=1S/C13H13NO2S/c1-8-4-6-10(7-5-8)12-11(13(15)16-3)14-9(2)17-12/h4-7H,1-3H3. The van der Waals surface area contributed by atoms with Gasteiger partial charge in [-0.15, -0.1) is 11.3 Å². The molecule has 0 aliphatic rings. The Kier molecular flexibility index (Phi) is 3.24. The van der Waals surface area contributed by atoms with E-state index in [-0.39, 0.29) is 5.97 Å². The molecule has 0 atom stereocenters. The number of hydrogen-bond donors (Lipinski definition) is 0. The summed E-state index contributed by atoms with van der Waals surface area (Å²) in [4.78, 5) is 16.7. The molecule has 0 saturated carbocycles. The number of carbonyl (C=O) groups excluding carboxylic acids is 1. The lowest BCUT2D eigenvalue weighted by atomic mass is 10.1. The number of thiazole rings is 1. The fraction of sp³-hybridized carbons (Fsp3) is 0.231. The topological polar surface area (TPSA) is 39.2 Å². The van der Waals surface area contributed by atoms with E-state index in [0.717, 1.165) is 15.4 Å². The Morgan fingerprint density at radius 1 is 1.24 bits per heavy atom. The summed E-state index contributed by atoms with van der Waals surface area (Å²) >= 11 is 1.51. The minimum absolute atomic E-state index is 0.384. The number of nitrogens with zero attached hydrogens (tertiary/aromatic N) is 1. The Morgan fingerprint density at radius 2 is 1.88 bits per heavy atom. The monoisotopic (exact) mass is 247 g/mol. The maximum absolute atomic E-state index is 11.6. The van der Waals surface area contributed by atoms with Crippen molar-refractivity contribution in [2.75, 3.05) is 7.11 Å². The van der Waals surface area contributed by atoms with Crippen LogP contribution in [-0.2, 0) is 4.74 Å².